The number of nitrogens with zero attached hydrogens (tertiary/aromatic N) is 1. The summed E-state index contributed by atoms with van der Waals surface area (Å²) in [5.74, 6) is -0.987. The number of ether oxygens (including phenoxy) is 1. The average molecular weight is 574 g/mol. The number of hydrogen-bond donors (Lipinski definition) is 1. The van der Waals surface area contributed by atoms with Crippen LogP contribution in [0.15, 0.2) is 64.6 Å². The first-order valence-corrected chi connectivity index (χ1v) is 12.0. The maximum atomic E-state index is 13.3. The minimum atomic E-state index is -0.837. The second-order valence-corrected chi connectivity index (χ2v) is 9.54. The van der Waals surface area contributed by atoms with Crippen molar-refractivity contribution in [1.29, 1.82) is 0 Å². The highest BCUT2D eigenvalue weighted by atomic mass is 79.9. The van der Waals surface area contributed by atoms with Crippen LogP contribution in [0.2, 0.25) is 10.0 Å². The van der Waals surface area contributed by atoms with Crippen molar-refractivity contribution >= 4 is 68.7 Å². The molecule has 3 aromatic rings. The Labute approximate surface area is 220 Å². The first-order valence-electron chi connectivity index (χ1n) is 10.5. The Balaban J connectivity index is 1.73. The molecule has 9 heteroatoms. The van der Waals surface area contributed by atoms with Crippen molar-refractivity contribution in [2.45, 2.75) is 13.3 Å². The number of aryl methyl sites for hydroxylation is 1. The quantitative estimate of drug-likeness (QED) is 0.286. The average Bonchev–Trinajstić information content (AvgIpc) is 2.81. The van der Waals surface area contributed by atoms with Gasteiger partial charge in [0.25, 0.3) is 11.8 Å². The van der Waals surface area contributed by atoms with Crippen LogP contribution in [-0.4, -0.2) is 25.0 Å². The number of imide groups is 2. The van der Waals surface area contributed by atoms with E-state index < -0.39 is 17.8 Å². The van der Waals surface area contributed by atoms with Gasteiger partial charge in [0.1, 0.15) is 11.3 Å². The molecule has 0 radical (unpaired) electrons. The Morgan fingerprint density at radius 2 is 1.80 bits per heavy atom. The molecular weight excluding hydrogens is 555 g/mol. The van der Waals surface area contributed by atoms with Gasteiger partial charge >= 0.3 is 6.03 Å². The molecule has 0 atom stereocenters. The van der Waals surface area contributed by atoms with Crippen LogP contribution in [0.1, 0.15) is 22.3 Å². The van der Waals surface area contributed by atoms with Gasteiger partial charge in [-0.25, -0.2) is 9.69 Å². The molecule has 0 unspecified atom stereocenters. The van der Waals surface area contributed by atoms with Crippen molar-refractivity contribution in [2.75, 3.05) is 12.0 Å². The largest absolute Gasteiger partial charge is 0.496 e. The van der Waals surface area contributed by atoms with Crippen molar-refractivity contribution in [2.24, 2.45) is 0 Å². The number of barbiturate groups is 1. The number of urea groups is 1. The lowest BCUT2D eigenvalue weighted by Gasteiger charge is -2.27. The third kappa shape index (κ3) is 5.12. The third-order valence-corrected chi connectivity index (χ3v) is 6.86. The summed E-state index contributed by atoms with van der Waals surface area (Å²) >= 11 is 16.0. The Hall–Kier alpha value is -3.13. The van der Waals surface area contributed by atoms with Crippen molar-refractivity contribution in [1.82, 2.24) is 5.32 Å². The van der Waals surface area contributed by atoms with Crippen molar-refractivity contribution in [3.63, 3.8) is 0 Å². The smallest absolute Gasteiger partial charge is 0.335 e. The number of rotatable bonds is 5. The van der Waals surface area contributed by atoms with Crippen LogP contribution in [0.3, 0.4) is 0 Å². The molecule has 0 spiro atoms. The Kier molecular flexibility index (Phi) is 7.31. The summed E-state index contributed by atoms with van der Waals surface area (Å²) in [6.45, 7) is 1.74. The number of carbonyl (C=O) groups excluding carboxylic acids is 3. The summed E-state index contributed by atoms with van der Waals surface area (Å²) in [7, 11) is 1.54. The summed E-state index contributed by atoms with van der Waals surface area (Å²) in [5, 5.41) is 3.22. The minimum Gasteiger partial charge on any atom is -0.496 e. The van der Waals surface area contributed by atoms with Crippen molar-refractivity contribution in [3.05, 3.63) is 96.9 Å². The van der Waals surface area contributed by atoms with Crippen LogP contribution in [0.25, 0.3) is 6.08 Å². The molecule has 1 aliphatic heterocycles. The number of methoxy groups -OCH3 is 1. The van der Waals surface area contributed by atoms with Gasteiger partial charge in [-0.05, 0) is 60.0 Å². The number of amides is 4. The maximum Gasteiger partial charge on any atom is 0.335 e. The summed E-state index contributed by atoms with van der Waals surface area (Å²) in [6.07, 6.45) is 1.93. The fraction of sp³-hybridized carbons (Fsp3) is 0.115. The van der Waals surface area contributed by atoms with Gasteiger partial charge in [-0.3, -0.25) is 14.9 Å². The third-order valence-electron chi connectivity index (χ3n) is 5.55. The van der Waals surface area contributed by atoms with Crippen molar-refractivity contribution < 1.29 is 19.1 Å². The molecule has 0 aromatic heterocycles. The van der Waals surface area contributed by atoms with Gasteiger partial charge in [-0.1, -0.05) is 63.4 Å². The number of halogens is 3. The Bertz CT molecular complexity index is 1400. The fourth-order valence-electron chi connectivity index (χ4n) is 3.77. The van der Waals surface area contributed by atoms with E-state index in [0.29, 0.717) is 43.5 Å². The summed E-state index contributed by atoms with van der Waals surface area (Å²) in [4.78, 5) is 39.3. The van der Waals surface area contributed by atoms with Gasteiger partial charge in [0.15, 0.2) is 0 Å². The zero-order valence-electron chi connectivity index (χ0n) is 18.7. The molecule has 1 heterocycles. The van der Waals surface area contributed by atoms with Gasteiger partial charge in [-0.2, -0.15) is 0 Å². The lowest BCUT2D eigenvalue weighted by Crippen LogP contribution is -2.54. The first kappa shape index (κ1) is 25.0. The van der Waals surface area contributed by atoms with E-state index in [1.54, 1.807) is 31.2 Å². The fourth-order valence-corrected chi connectivity index (χ4v) is 4.74. The molecule has 0 aliphatic carbocycles. The lowest BCUT2D eigenvalue weighted by atomic mass is 10.0. The molecule has 0 saturated carbocycles. The number of nitrogens with one attached hydrogen (secondary N) is 1. The number of anilines is 1. The topological polar surface area (TPSA) is 75.7 Å². The van der Waals surface area contributed by atoms with Gasteiger partial charge < -0.3 is 4.74 Å². The van der Waals surface area contributed by atoms with Crippen LogP contribution < -0.4 is 15.0 Å². The standard InChI is InChI=1S/C26H19BrCl2N2O4/c1-14-7-8-17(28)13-22(14)31-25(33)19(24(32)30-26(31)34)9-15-10-20(27)18(23(11-15)35-2)12-16-5-3-4-6-21(16)29/h3-11,13H,12H2,1-2H3,(H,30,32,34)/b19-9+. The van der Waals surface area contributed by atoms with E-state index >= 15 is 0 Å². The highest BCUT2D eigenvalue weighted by Crippen LogP contribution is 2.34. The molecule has 4 rings (SSSR count). The van der Waals surface area contributed by atoms with Gasteiger partial charge in [0.05, 0.1) is 12.8 Å². The van der Waals surface area contributed by atoms with E-state index in [4.69, 9.17) is 27.9 Å². The molecule has 1 saturated heterocycles. The summed E-state index contributed by atoms with van der Waals surface area (Å²) in [5.41, 5.74) is 3.07. The lowest BCUT2D eigenvalue weighted by molar-refractivity contribution is -0.122. The minimum absolute atomic E-state index is 0.197. The Morgan fingerprint density at radius 1 is 1.06 bits per heavy atom. The second kappa shape index (κ2) is 10.2. The second-order valence-electron chi connectivity index (χ2n) is 7.84. The molecule has 1 N–H and O–H groups in total. The first-order chi connectivity index (χ1) is 16.7. The predicted octanol–water partition coefficient (Wildman–Crippen LogP) is 6.33. The normalized spacial score (nSPS) is 14.9. The SMILES string of the molecule is COc1cc(/C=C2\C(=O)NC(=O)N(c3cc(Cl)ccc3C)C2=O)cc(Br)c1Cc1ccccc1Cl. The maximum absolute atomic E-state index is 13.3. The van der Waals surface area contributed by atoms with E-state index in [9.17, 15) is 14.4 Å². The number of hydrogen-bond acceptors (Lipinski definition) is 4. The predicted molar refractivity (Wildman–Crippen MR) is 140 cm³/mol. The monoisotopic (exact) mass is 572 g/mol. The van der Waals surface area contributed by atoms with E-state index in [0.717, 1.165) is 16.0 Å². The summed E-state index contributed by atoms with van der Waals surface area (Å²) < 4.78 is 6.30. The summed E-state index contributed by atoms with van der Waals surface area (Å²) in [6, 6.07) is 15.0. The highest BCUT2D eigenvalue weighted by Gasteiger charge is 2.37. The molecule has 0 bridgehead atoms. The van der Waals surface area contributed by atoms with Gasteiger partial charge in [-0.15, -0.1) is 0 Å². The molecule has 1 fully saturated rings. The highest BCUT2D eigenvalue weighted by molar-refractivity contribution is 9.10. The van der Waals surface area contributed by atoms with Gasteiger partial charge in [0.2, 0.25) is 0 Å². The zero-order valence-corrected chi connectivity index (χ0v) is 21.8. The molecule has 3 aromatic carbocycles. The molecular formula is C26H19BrCl2N2O4. The number of carbonyl (C=O) groups is 3. The van der Waals surface area contributed by atoms with Crippen molar-refractivity contribution in [3.8, 4) is 5.75 Å². The van der Waals surface area contributed by atoms with E-state index in [2.05, 4.69) is 21.2 Å². The van der Waals surface area contributed by atoms with Crippen LogP contribution in [0.5, 0.6) is 5.75 Å². The van der Waals surface area contributed by atoms with Crippen LogP contribution >= 0.6 is 39.1 Å². The molecule has 4 amide bonds. The zero-order chi connectivity index (χ0) is 25.3. The molecule has 1 aliphatic rings. The Morgan fingerprint density at radius 3 is 2.51 bits per heavy atom. The molecule has 178 valence electrons. The molecule has 35 heavy (non-hydrogen) atoms. The van der Waals surface area contributed by atoms with Crippen LogP contribution in [0, 0.1) is 6.92 Å². The van der Waals surface area contributed by atoms with Gasteiger partial charge in [0, 0.05) is 26.5 Å². The van der Waals surface area contributed by atoms with E-state index in [1.165, 1.54) is 19.3 Å². The number of benzene rings is 3. The van der Waals surface area contributed by atoms with Crippen LogP contribution in [-0.2, 0) is 16.0 Å². The van der Waals surface area contributed by atoms with E-state index in [-0.39, 0.29) is 5.57 Å². The molecule has 6 nitrogen and oxygen atoms in total. The van der Waals surface area contributed by atoms with E-state index in [1.807, 2.05) is 24.3 Å². The van der Waals surface area contributed by atoms with Crippen LogP contribution in [0.4, 0.5) is 10.5 Å².